The van der Waals surface area contributed by atoms with E-state index in [0.29, 0.717) is 35.2 Å². The molecule has 3 aliphatic rings. The minimum atomic E-state index is -0.0494. The maximum absolute atomic E-state index is 12.9. The Balaban J connectivity index is 0.903. The third-order valence-corrected chi connectivity index (χ3v) is 12.1. The highest BCUT2D eigenvalue weighted by Crippen LogP contribution is 2.43. The molecular weight excluding hydrogens is 637 g/mol. The molecule has 2 aliphatic heterocycles. The van der Waals surface area contributed by atoms with Crippen molar-refractivity contribution in [2.24, 2.45) is 0 Å². The van der Waals surface area contributed by atoms with Gasteiger partial charge >= 0.3 is 0 Å². The van der Waals surface area contributed by atoms with Crippen LogP contribution in [0.5, 0.6) is 0 Å². The zero-order chi connectivity index (χ0) is 32.7. The van der Waals surface area contributed by atoms with Crippen molar-refractivity contribution < 1.29 is 4.79 Å². The van der Waals surface area contributed by atoms with E-state index in [9.17, 15) is 4.79 Å². The Labute approximate surface area is 291 Å². The summed E-state index contributed by atoms with van der Waals surface area (Å²) in [5, 5.41) is 34.7. The molecule has 4 heterocycles. The number of carbonyl (C=O) groups excluding carboxylic acids is 1. The van der Waals surface area contributed by atoms with Gasteiger partial charge in [-0.3, -0.25) is 4.79 Å². The lowest BCUT2D eigenvalue weighted by molar-refractivity contribution is -0.115. The molecular formula is C37H46N8OS2. The Morgan fingerprint density at radius 2 is 1.21 bits per heavy atom. The number of piperidine rings is 2. The fraction of sp³-hybridized carbons (Fsp3) is 0.486. The minimum absolute atomic E-state index is 0.0494. The van der Waals surface area contributed by atoms with Crippen molar-refractivity contribution in [1.82, 2.24) is 31.0 Å². The quantitative estimate of drug-likeness (QED) is 0.132. The van der Waals surface area contributed by atoms with Crippen molar-refractivity contribution in [3.05, 3.63) is 93.1 Å². The zero-order valence-electron chi connectivity index (χ0n) is 27.5. The van der Waals surface area contributed by atoms with Crippen LogP contribution in [0.15, 0.2) is 60.8 Å². The number of carbonyl (C=O) groups is 1. The molecule has 1 saturated carbocycles. The van der Waals surface area contributed by atoms with Gasteiger partial charge in [0.05, 0.1) is 6.42 Å². The summed E-state index contributed by atoms with van der Waals surface area (Å²) in [6, 6.07) is 17.5. The van der Waals surface area contributed by atoms with E-state index in [0.717, 1.165) is 97.5 Å². The molecule has 2 atom stereocenters. The van der Waals surface area contributed by atoms with E-state index in [2.05, 4.69) is 90.7 Å². The lowest BCUT2D eigenvalue weighted by Gasteiger charge is -2.25. The van der Waals surface area contributed by atoms with Crippen molar-refractivity contribution in [1.29, 1.82) is 0 Å². The Bertz CT molecular complexity index is 1570. The van der Waals surface area contributed by atoms with Gasteiger partial charge in [0.1, 0.15) is 10.0 Å². The summed E-state index contributed by atoms with van der Waals surface area (Å²) >= 11 is 3.14. The summed E-state index contributed by atoms with van der Waals surface area (Å²) in [6.45, 7) is 8.61. The SMILES string of the molecule is C=C(Cc1cccc(C2CCNCC2)c1)Nc1nnc([C@H]2CCC[C@H](c3nnc(NC(=O)Cc4cccc(C5CCNCC5)c4)s3)C2)s1. The van der Waals surface area contributed by atoms with Gasteiger partial charge in [0.2, 0.25) is 16.2 Å². The average molecular weight is 683 g/mol. The Kier molecular flexibility index (Phi) is 10.9. The molecule has 1 aliphatic carbocycles. The van der Waals surface area contributed by atoms with Crippen LogP contribution in [0, 0.1) is 0 Å². The largest absolute Gasteiger partial charge is 0.334 e. The van der Waals surface area contributed by atoms with Crippen molar-refractivity contribution in [3.63, 3.8) is 0 Å². The van der Waals surface area contributed by atoms with Crippen LogP contribution in [0.1, 0.15) is 107 Å². The van der Waals surface area contributed by atoms with Crippen LogP contribution in [0.3, 0.4) is 0 Å². The average Bonchev–Trinajstić information content (AvgIpc) is 3.79. The number of allylic oxidation sites excluding steroid dienone is 1. The lowest BCUT2D eigenvalue weighted by Crippen LogP contribution is -2.26. The molecule has 0 unspecified atom stereocenters. The second kappa shape index (κ2) is 15.8. The van der Waals surface area contributed by atoms with Gasteiger partial charge in [0, 0.05) is 24.0 Å². The highest BCUT2D eigenvalue weighted by Gasteiger charge is 2.29. The molecule has 3 fully saturated rings. The van der Waals surface area contributed by atoms with Gasteiger partial charge in [-0.05, 0) is 105 Å². The van der Waals surface area contributed by atoms with E-state index < -0.39 is 0 Å². The summed E-state index contributed by atoms with van der Waals surface area (Å²) in [7, 11) is 0. The molecule has 7 rings (SSSR count). The minimum Gasteiger partial charge on any atom is -0.334 e. The molecule has 2 aromatic carbocycles. The maximum atomic E-state index is 12.9. The number of hydrogen-bond acceptors (Lipinski definition) is 10. The number of rotatable bonds is 11. The lowest BCUT2D eigenvalue weighted by atomic mass is 9.82. The van der Waals surface area contributed by atoms with Crippen LogP contribution in [-0.2, 0) is 17.6 Å². The van der Waals surface area contributed by atoms with E-state index in [1.54, 1.807) is 11.3 Å². The van der Waals surface area contributed by atoms with E-state index >= 15 is 0 Å². The number of aromatic nitrogens is 4. The molecule has 4 N–H and O–H groups in total. The maximum Gasteiger partial charge on any atom is 0.230 e. The molecule has 48 heavy (non-hydrogen) atoms. The third kappa shape index (κ3) is 8.55. The van der Waals surface area contributed by atoms with Crippen LogP contribution in [-0.4, -0.2) is 52.5 Å². The molecule has 0 bridgehead atoms. The van der Waals surface area contributed by atoms with Crippen LogP contribution >= 0.6 is 22.7 Å². The fourth-order valence-electron chi connectivity index (χ4n) is 7.55. The third-order valence-electron chi connectivity index (χ3n) is 10.1. The number of benzene rings is 2. The molecule has 4 aromatic rings. The monoisotopic (exact) mass is 682 g/mol. The smallest absolute Gasteiger partial charge is 0.230 e. The summed E-state index contributed by atoms with van der Waals surface area (Å²) in [6.07, 6.45) is 10.0. The standard InChI is InChI=1S/C37H46N8OS2/c1-24(19-25-5-2-7-29(20-25)27-11-15-38-16-12-27)40-36-44-42-34(47-36)31-9-4-10-32(23-31)35-43-45-37(48-35)41-33(46)22-26-6-3-8-30(21-26)28-13-17-39-18-14-28/h2-3,5-8,20-21,27-28,31-32,38-39H,1,4,9-19,22-23H2,(H,40,44)(H,41,45,46)/t31-,32-/m0/s1. The van der Waals surface area contributed by atoms with Gasteiger partial charge in [-0.2, -0.15) is 0 Å². The number of nitrogens with one attached hydrogen (secondary N) is 4. The van der Waals surface area contributed by atoms with Crippen molar-refractivity contribution >= 4 is 38.8 Å². The normalized spacial score (nSPS) is 20.8. The van der Waals surface area contributed by atoms with Crippen LogP contribution in [0.2, 0.25) is 0 Å². The Morgan fingerprint density at radius 3 is 1.77 bits per heavy atom. The zero-order valence-corrected chi connectivity index (χ0v) is 29.2. The molecule has 0 spiro atoms. The molecule has 1 amide bonds. The second-order valence-corrected chi connectivity index (χ2v) is 15.6. The van der Waals surface area contributed by atoms with Crippen LogP contribution in [0.25, 0.3) is 0 Å². The van der Waals surface area contributed by atoms with E-state index in [1.165, 1.54) is 40.9 Å². The second-order valence-electron chi connectivity index (χ2n) is 13.6. The number of nitrogens with zero attached hydrogens (tertiary/aromatic N) is 4. The molecule has 2 aromatic heterocycles. The van der Waals surface area contributed by atoms with Gasteiger partial charge in [-0.1, -0.05) is 84.2 Å². The first-order valence-corrected chi connectivity index (χ1v) is 19.2. The molecule has 11 heteroatoms. The number of anilines is 2. The molecule has 9 nitrogen and oxygen atoms in total. The molecule has 2 saturated heterocycles. The van der Waals surface area contributed by atoms with Crippen LogP contribution in [0.4, 0.5) is 10.3 Å². The molecule has 252 valence electrons. The number of hydrogen-bond donors (Lipinski definition) is 4. The first kappa shape index (κ1) is 33.0. The highest BCUT2D eigenvalue weighted by atomic mass is 32.1. The van der Waals surface area contributed by atoms with Gasteiger partial charge in [0.25, 0.3) is 0 Å². The number of amides is 1. The van der Waals surface area contributed by atoms with Gasteiger partial charge in [-0.15, -0.1) is 20.4 Å². The van der Waals surface area contributed by atoms with Crippen molar-refractivity contribution in [2.75, 3.05) is 36.8 Å². The first-order chi connectivity index (χ1) is 23.6. The van der Waals surface area contributed by atoms with E-state index in [4.69, 9.17) is 0 Å². The Morgan fingerprint density at radius 1 is 0.688 bits per heavy atom. The Hall–Kier alpha value is -3.51. The van der Waals surface area contributed by atoms with Crippen molar-refractivity contribution in [2.45, 2.75) is 87.9 Å². The van der Waals surface area contributed by atoms with Gasteiger partial charge in [-0.25, -0.2) is 0 Å². The first-order valence-electron chi connectivity index (χ1n) is 17.6. The highest BCUT2D eigenvalue weighted by molar-refractivity contribution is 7.15. The van der Waals surface area contributed by atoms with E-state index in [-0.39, 0.29) is 5.91 Å². The summed E-state index contributed by atoms with van der Waals surface area (Å²) in [5.74, 6) is 1.79. The topological polar surface area (TPSA) is 117 Å². The van der Waals surface area contributed by atoms with Gasteiger partial charge < -0.3 is 21.3 Å². The predicted molar refractivity (Wildman–Crippen MR) is 195 cm³/mol. The van der Waals surface area contributed by atoms with Gasteiger partial charge in [0.15, 0.2) is 0 Å². The predicted octanol–water partition coefficient (Wildman–Crippen LogP) is 7.11. The summed E-state index contributed by atoms with van der Waals surface area (Å²) < 4.78 is 0. The fourth-order valence-corrected chi connectivity index (χ4v) is 9.40. The van der Waals surface area contributed by atoms with E-state index in [1.807, 2.05) is 6.07 Å². The summed E-state index contributed by atoms with van der Waals surface area (Å²) in [4.78, 5) is 12.9. The van der Waals surface area contributed by atoms with Crippen molar-refractivity contribution in [3.8, 4) is 0 Å². The van der Waals surface area contributed by atoms with Crippen LogP contribution < -0.4 is 21.3 Å². The molecule has 0 radical (unpaired) electrons. The summed E-state index contributed by atoms with van der Waals surface area (Å²) in [5.41, 5.74) is 6.02.